The summed E-state index contributed by atoms with van der Waals surface area (Å²) in [5.74, 6) is 1.27. The average Bonchev–Trinajstić information content (AvgIpc) is 2.77. The predicted octanol–water partition coefficient (Wildman–Crippen LogP) is 2.40. The van der Waals surface area contributed by atoms with Crippen molar-refractivity contribution in [2.45, 2.75) is 19.3 Å². The summed E-state index contributed by atoms with van der Waals surface area (Å²) in [6.45, 7) is 3.27. The van der Waals surface area contributed by atoms with Crippen LogP contribution in [0.3, 0.4) is 0 Å². The van der Waals surface area contributed by atoms with Crippen molar-refractivity contribution < 1.29 is 4.74 Å². The monoisotopic (exact) mass is 251 g/mol. The number of hydrogen-bond donors (Lipinski definition) is 0. The van der Waals surface area contributed by atoms with E-state index in [1.807, 2.05) is 37.4 Å². The Morgan fingerprint density at radius 1 is 1.41 bits per heavy atom. The minimum absolute atomic E-state index is 0.388. The summed E-state index contributed by atoms with van der Waals surface area (Å²) in [6, 6.07) is 7.97. The van der Waals surface area contributed by atoms with Gasteiger partial charge in [-0.3, -0.25) is 0 Å². The summed E-state index contributed by atoms with van der Waals surface area (Å²) in [5, 5.41) is 7.84. The number of ether oxygens (including phenoxy) is 1. The second-order valence-corrected chi connectivity index (χ2v) is 4.04. The van der Waals surface area contributed by atoms with Gasteiger partial charge in [0.2, 0.25) is 0 Å². The molecular formula is C12H14ClN3O. The van der Waals surface area contributed by atoms with Crippen LogP contribution in [0.5, 0.6) is 5.75 Å². The number of alkyl halides is 1. The second kappa shape index (κ2) is 5.68. The Kier molecular flexibility index (Phi) is 3.98. The van der Waals surface area contributed by atoms with Gasteiger partial charge in [0.05, 0.1) is 18.1 Å². The maximum absolute atomic E-state index is 5.64. The SMILES string of the molecule is Cc1cccc(OCCn2cc(CCl)nn2)c1. The molecule has 2 aromatic rings. The minimum Gasteiger partial charge on any atom is -0.492 e. The topological polar surface area (TPSA) is 39.9 Å². The Morgan fingerprint density at radius 2 is 2.29 bits per heavy atom. The molecule has 0 saturated heterocycles. The first-order valence-electron chi connectivity index (χ1n) is 5.42. The van der Waals surface area contributed by atoms with Crippen LogP contribution in [0.25, 0.3) is 0 Å². The molecule has 0 amide bonds. The van der Waals surface area contributed by atoms with Gasteiger partial charge in [0.15, 0.2) is 0 Å². The van der Waals surface area contributed by atoms with Gasteiger partial charge in [0.1, 0.15) is 12.4 Å². The van der Waals surface area contributed by atoms with Gasteiger partial charge < -0.3 is 4.74 Å². The van der Waals surface area contributed by atoms with Crippen molar-refractivity contribution in [2.24, 2.45) is 0 Å². The Labute approximate surface area is 105 Å². The quantitative estimate of drug-likeness (QED) is 0.766. The molecule has 0 radical (unpaired) electrons. The highest BCUT2D eigenvalue weighted by molar-refractivity contribution is 6.16. The van der Waals surface area contributed by atoms with Gasteiger partial charge in [-0.15, -0.1) is 16.7 Å². The molecule has 0 aliphatic rings. The lowest BCUT2D eigenvalue weighted by molar-refractivity contribution is 0.289. The second-order valence-electron chi connectivity index (χ2n) is 3.77. The van der Waals surface area contributed by atoms with Gasteiger partial charge >= 0.3 is 0 Å². The first kappa shape index (κ1) is 11.9. The van der Waals surface area contributed by atoms with Crippen LogP contribution in [0.4, 0.5) is 0 Å². The molecule has 0 aliphatic heterocycles. The molecule has 0 spiro atoms. The highest BCUT2D eigenvalue weighted by Crippen LogP contribution is 2.12. The number of rotatable bonds is 5. The van der Waals surface area contributed by atoms with E-state index in [0.717, 1.165) is 11.4 Å². The molecule has 4 nitrogen and oxygen atoms in total. The van der Waals surface area contributed by atoms with E-state index in [1.165, 1.54) is 5.56 Å². The molecule has 17 heavy (non-hydrogen) atoms. The van der Waals surface area contributed by atoms with Gasteiger partial charge in [-0.2, -0.15) is 0 Å². The lowest BCUT2D eigenvalue weighted by Crippen LogP contribution is -2.08. The summed E-state index contributed by atoms with van der Waals surface area (Å²) in [7, 11) is 0. The van der Waals surface area contributed by atoms with E-state index in [2.05, 4.69) is 10.3 Å². The molecule has 0 saturated carbocycles. The number of aryl methyl sites for hydroxylation is 1. The summed E-state index contributed by atoms with van der Waals surface area (Å²) in [4.78, 5) is 0. The van der Waals surface area contributed by atoms with Crippen molar-refractivity contribution >= 4 is 11.6 Å². The van der Waals surface area contributed by atoms with Crippen molar-refractivity contribution in [1.82, 2.24) is 15.0 Å². The molecule has 0 N–H and O–H groups in total. The Hall–Kier alpha value is -1.55. The van der Waals surface area contributed by atoms with E-state index in [4.69, 9.17) is 16.3 Å². The van der Waals surface area contributed by atoms with Crippen LogP contribution in [0, 0.1) is 6.92 Å². The van der Waals surface area contributed by atoms with E-state index >= 15 is 0 Å². The minimum atomic E-state index is 0.388. The van der Waals surface area contributed by atoms with Gasteiger partial charge in [-0.1, -0.05) is 17.3 Å². The fourth-order valence-electron chi connectivity index (χ4n) is 1.47. The van der Waals surface area contributed by atoms with Crippen LogP contribution in [0.2, 0.25) is 0 Å². The molecule has 1 aromatic heterocycles. The van der Waals surface area contributed by atoms with Crippen LogP contribution in [-0.2, 0) is 12.4 Å². The smallest absolute Gasteiger partial charge is 0.119 e. The lowest BCUT2D eigenvalue weighted by Gasteiger charge is -2.06. The molecule has 0 bridgehead atoms. The van der Waals surface area contributed by atoms with Crippen LogP contribution in [0.1, 0.15) is 11.3 Å². The number of halogens is 1. The van der Waals surface area contributed by atoms with Crippen LogP contribution in [0.15, 0.2) is 30.5 Å². The number of benzene rings is 1. The average molecular weight is 252 g/mol. The van der Waals surface area contributed by atoms with Crippen molar-refractivity contribution in [3.63, 3.8) is 0 Å². The molecule has 0 aliphatic carbocycles. The van der Waals surface area contributed by atoms with E-state index in [9.17, 15) is 0 Å². The molecule has 1 heterocycles. The summed E-state index contributed by atoms with van der Waals surface area (Å²) in [6.07, 6.45) is 1.83. The Bertz CT molecular complexity index is 484. The molecule has 0 unspecified atom stereocenters. The fourth-order valence-corrected chi connectivity index (χ4v) is 1.59. The van der Waals surface area contributed by atoms with Crippen molar-refractivity contribution in [3.05, 3.63) is 41.7 Å². The summed E-state index contributed by atoms with van der Waals surface area (Å²) >= 11 is 5.64. The lowest BCUT2D eigenvalue weighted by atomic mass is 10.2. The van der Waals surface area contributed by atoms with E-state index < -0.39 is 0 Å². The Balaban J connectivity index is 1.83. The van der Waals surface area contributed by atoms with Gasteiger partial charge in [0.25, 0.3) is 0 Å². The largest absolute Gasteiger partial charge is 0.492 e. The molecular weight excluding hydrogens is 238 g/mol. The third-order valence-electron chi connectivity index (χ3n) is 2.30. The first-order valence-corrected chi connectivity index (χ1v) is 5.96. The van der Waals surface area contributed by atoms with Gasteiger partial charge in [-0.05, 0) is 24.6 Å². The molecule has 0 fully saturated rings. The molecule has 2 rings (SSSR count). The fraction of sp³-hybridized carbons (Fsp3) is 0.333. The van der Waals surface area contributed by atoms with Gasteiger partial charge in [0, 0.05) is 6.20 Å². The third kappa shape index (κ3) is 3.46. The molecule has 1 aromatic carbocycles. The molecule has 5 heteroatoms. The third-order valence-corrected chi connectivity index (χ3v) is 2.58. The first-order chi connectivity index (χ1) is 8.28. The highest BCUT2D eigenvalue weighted by Gasteiger charge is 1.99. The zero-order chi connectivity index (χ0) is 12.1. The van der Waals surface area contributed by atoms with Crippen molar-refractivity contribution in [3.8, 4) is 5.75 Å². The van der Waals surface area contributed by atoms with Gasteiger partial charge in [-0.25, -0.2) is 4.68 Å². The predicted molar refractivity (Wildman–Crippen MR) is 66.3 cm³/mol. The van der Waals surface area contributed by atoms with Crippen molar-refractivity contribution in [1.29, 1.82) is 0 Å². The normalized spacial score (nSPS) is 10.5. The highest BCUT2D eigenvalue weighted by atomic mass is 35.5. The molecule has 90 valence electrons. The maximum Gasteiger partial charge on any atom is 0.119 e. The zero-order valence-electron chi connectivity index (χ0n) is 9.64. The zero-order valence-corrected chi connectivity index (χ0v) is 10.4. The number of aromatic nitrogens is 3. The standard InChI is InChI=1S/C12H14ClN3O/c1-10-3-2-4-12(7-10)17-6-5-16-9-11(8-13)14-15-16/h2-4,7,9H,5-6,8H2,1H3. The maximum atomic E-state index is 5.64. The van der Waals surface area contributed by atoms with Crippen molar-refractivity contribution in [2.75, 3.05) is 6.61 Å². The Morgan fingerprint density at radius 3 is 3.00 bits per heavy atom. The van der Waals surface area contributed by atoms with E-state index in [1.54, 1.807) is 4.68 Å². The van der Waals surface area contributed by atoms with Crippen LogP contribution >= 0.6 is 11.6 Å². The van der Waals surface area contributed by atoms with E-state index in [0.29, 0.717) is 19.0 Å². The van der Waals surface area contributed by atoms with Crippen LogP contribution in [-0.4, -0.2) is 21.6 Å². The number of hydrogen-bond acceptors (Lipinski definition) is 3. The summed E-state index contributed by atoms with van der Waals surface area (Å²) in [5.41, 5.74) is 1.97. The van der Waals surface area contributed by atoms with Crippen LogP contribution < -0.4 is 4.74 Å². The molecule has 0 atom stereocenters. The summed E-state index contributed by atoms with van der Waals surface area (Å²) < 4.78 is 7.34. The number of nitrogens with zero attached hydrogens (tertiary/aromatic N) is 3. The van der Waals surface area contributed by atoms with E-state index in [-0.39, 0.29) is 0 Å².